The third-order valence-corrected chi connectivity index (χ3v) is 3.65. The Kier molecular flexibility index (Phi) is 8.50. The van der Waals surface area contributed by atoms with E-state index in [9.17, 15) is 5.11 Å². The van der Waals surface area contributed by atoms with Crippen molar-refractivity contribution in [2.45, 2.75) is 31.8 Å². The zero-order valence-electron chi connectivity index (χ0n) is 12.7. The Morgan fingerprint density at radius 1 is 1.14 bits per heavy atom. The number of aliphatic hydroxyl groups excluding tert-OH is 1. The van der Waals surface area contributed by atoms with Gasteiger partial charge in [0, 0.05) is 12.6 Å². The van der Waals surface area contributed by atoms with E-state index in [1.807, 2.05) is 24.3 Å². The number of hydrogen-bond donors (Lipinski definition) is 1. The Hall–Kier alpha value is -0.970. The molecule has 0 aliphatic carbocycles. The molecule has 1 aliphatic rings. The first kappa shape index (κ1) is 18.1. The molecule has 21 heavy (non-hydrogen) atoms. The molecule has 1 aromatic rings. The second-order valence-corrected chi connectivity index (χ2v) is 5.36. The summed E-state index contributed by atoms with van der Waals surface area (Å²) in [7, 11) is 1.63. The van der Waals surface area contributed by atoms with Gasteiger partial charge in [-0.25, -0.2) is 0 Å². The number of benzene rings is 1. The minimum Gasteiger partial charge on any atom is -0.497 e. The highest BCUT2D eigenvalue weighted by atomic mass is 35.5. The molecule has 120 valence electrons. The molecule has 0 radical (unpaired) electrons. The van der Waals surface area contributed by atoms with E-state index in [-0.39, 0.29) is 12.4 Å². The highest BCUT2D eigenvalue weighted by Gasteiger charge is 2.14. The number of β-amino-alcohol motifs (C(OH)–C–C–N with tert-alkyl or cyclic N) is 1. The number of rotatable bonds is 6. The number of hydrogen-bond acceptors (Lipinski definition) is 4. The molecular formula is C16H26ClNO3. The van der Waals surface area contributed by atoms with Crippen LogP contribution in [0, 0.1) is 0 Å². The number of ether oxygens (including phenoxy) is 2. The predicted octanol–water partition coefficient (Wildman–Crippen LogP) is 2.73. The predicted molar refractivity (Wildman–Crippen MR) is 86.7 cm³/mol. The van der Waals surface area contributed by atoms with Gasteiger partial charge in [0.2, 0.25) is 0 Å². The summed E-state index contributed by atoms with van der Waals surface area (Å²) < 4.78 is 10.8. The molecule has 0 aromatic heterocycles. The van der Waals surface area contributed by atoms with Crippen LogP contribution in [0.15, 0.2) is 24.3 Å². The van der Waals surface area contributed by atoms with E-state index < -0.39 is 6.10 Å². The van der Waals surface area contributed by atoms with Crippen molar-refractivity contribution in [3.05, 3.63) is 24.3 Å². The summed E-state index contributed by atoms with van der Waals surface area (Å²) in [5.41, 5.74) is 0. The normalized spacial score (nSPS) is 17.4. The van der Waals surface area contributed by atoms with Crippen molar-refractivity contribution >= 4 is 12.4 Å². The lowest BCUT2D eigenvalue weighted by atomic mass is 10.2. The molecule has 1 atom stereocenters. The van der Waals surface area contributed by atoms with E-state index in [1.54, 1.807) is 7.11 Å². The molecule has 1 aromatic carbocycles. The first-order valence-corrected chi connectivity index (χ1v) is 7.45. The minimum atomic E-state index is -0.445. The molecule has 1 aliphatic heterocycles. The van der Waals surface area contributed by atoms with Gasteiger partial charge in [-0.05, 0) is 38.1 Å². The van der Waals surface area contributed by atoms with Crippen molar-refractivity contribution in [3.8, 4) is 11.5 Å². The van der Waals surface area contributed by atoms with Crippen molar-refractivity contribution in [3.63, 3.8) is 0 Å². The number of aliphatic hydroxyl groups is 1. The SMILES string of the molecule is COc1cccc(OCC(O)CN2CCCCCC2)c1.Cl. The number of methoxy groups -OCH3 is 1. The smallest absolute Gasteiger partial charge is 0.123 e. The molecule has 1 fully saturated rings. The molecule has 0 bridgehead atoms. The average Bonchev–Trinajstić information content (AvgIpc) is 2.74. The van der Waals surface area contributed by atoms with Crippen LogP contribution < -0.4 is 9.47 Å². The fourth-order valence-electron chi connectivity index (χ4n) is 2.55. The van der Waals surface area contributed by atoms with Crippen LogP contribution in [0.3, 0.4) is 0 Å². The Morgan fingerprint density at radius 2 is 1.81 bits per heavy atom. The van der Waals surface area contributed by atoms with E-state index in [0.717, 1.165) is 24.6 Å². The van der Waals surface area contributed by atoms with Crippen molar-refractivity contribution in [1.82, 2.24) is 4.90 Å². The molecular weight excluding hydrogens is 290 g/mol. The summed E-state index contributed by atoms with van der Waals surface area (Å²) >= 11 is 0. The number of halogens is 1. The third kappa shape index (κ3) is 6.55. The van der Waals surface area contributed by atoms with Crippen molar-refractivity contribution < 1.29 is 14.6 Å². The summed E-state index contributed by atoms with van der Waals surface area (Å²) in [6, 6.07) is 7.47. The van der Waals surface area contributed by atoms with Gasteiger partial charge < -0.3 is 19.5 Å². The monoisotopic (exact) mass is 315 g/mol. The van der Waals surface area contributed by atoms with E-state index in [1.165, 1.54) is 25.7 Å². The van der Waals surface area contributed by atoms with Crippen LogP contribution in [0.5, 0.6) is 11.5 Å². The average molecular weight is 316 g/mol. The van der Waals surface area contributed by atoms with Gasteiger partial charge in [0.15, 0.2) is 0 Å². The summed E-state index contributed by atoms with van der Waals surface area (Å²) in [6.07, 6.45) is 4.66. The molecule has 1 saturated heterocycles. The Bertz CT molecular complexity index is 395. The van der Waals surface area contributed by atoms with Crippen LogP contribution >= 0.6 is 12.4 Å². The van der Waals surface area contributed by atoms with Crippen LogP contribution in [-0.2, 0) is 0 Å². The summed E-state index contributed by atoms with van der Waals surface area (Å²) in [5, 5.41) is 10.1. The van der Waals surface area contributed by atoms with Gasteiger partial charge in [-0.1, -0.05) is 18.9 Å². The fraction of sp³-hybridized carbons (Fsp3) is 0.625. The Morgan fingerprint density at radius 3 is 2.48 bits per heavy atom. The summed E-state index contributed by atoms with van der Waals surface area (Å²) in [5.74, 6) is 1.50. The van der Waals surface area contributed by atoms with E-state index in [2.05, 4.69) is 4.90 Å². The van der Waals surface area contributed by atoms with E-state index >= 15 is 0 Å². The second kappa shape index (κ2) is 9.87. The first-order valence-electron chi connectivity index (χ1n) is 7.45. The molecule has 0 spiro atoms. The summed E-state index contributed by atoms with van der Waals surface area (Å²) in [6.45, 7) is 3.21. The highest BCUT2D eigenvalue weighted by Crippen LogP contribution is 2.19. The number of likely N-dealkylation sites (tertiary alicyclic amines) is 1. The van der Waals surface area contributed by atoms with Gasteiger partial charge in [0.25, 0.3) is 0 Å². The molecule has 5 heteroatoms. The van der Waals surface area contributed by atoms with Crippen molar-refractivity contribution in [2.75, 3.05) is 33.4 Å². The maximum absolute atomic E-state index is 10.1. The van der Waals surface area contributed by atoms with Crippen LogP contribution in [0.2, 0.25) is 0 Å². The topological polar surface area (TPSA) is 41.9 Å². The zero-order valence-corrected chi connectivity index (χ0v) is 13.5. The maximum Gasteiger partial charge on any atom is 0.123 e. The second-order valence-electron chi connectivity index (χ2n) is 5.36. The molecule has 1 N–H and O–H groups in total. The molecule has 2 rings (SSSR count). The maximum atomic E-state index is 10.1. The lowest BCUT2D eigenvalue weighted by Crippen LogP contribution is -2.36. The van der Waals surface area contributed by atoms with Gasteiger partial charge in [-0.15, -0.1) is 12.4 Å². The molecule has 0 amide bonds. The zero-order chi connectivity index (χ0) is 14.2. The quantitative estimate of drug-likeness (QED) is 0.876. The number of nitrogens with zero attached hydrogens (tertiary/aromatic N) is 1. The van der Waals surface area contributed by atoms with Crippen LogP contribution in [0.1, 0.15) is 25.7 Å². The Labute approximate surface area is 133 Å². The molecule has 0 saturated carbocycles. The van der Waals surface area contributed by atoms with Gasteiger partial charge in [-0.3, -0.25) is 0 Å². The van der Waals surface area contributed by atoms with Gasteiger partial charge in [0.1, 0.15) is 24.2 Å². The lowest BCUT2D eigenvalue weighted by molar-refractivity contribution is 0.0693. The van der Waals surface area contributed by atoms with E-state index in [0.29, 0.717) is 13.2 Å². The first-order chi connectivity index (χ1) is 9.78. The lowest BCUT2D eigenvalue weighted by Gasteiger charge is -2.23. The van der Waals surface area contributed by atoms with Crippen LogP contribution in [-0.4, -0.2) is 49.5 Å². The largest absolute Gasteiger partial charge is 0.497 e. The van der Waals surface area contributed by atoms with Crippen LogP contribution in [0.4, 0.5) is 0 Å². The van der Waals surface area contributed by atoms with Crippen LogP contribution in [0.25, 0.3) is 0 Å². The minimum absolute atomic E-state index is 0. The van der Waals surface area contributed by atoms with Gasteiger partial charge in [0.05, 0.1) is 7.11 Å². The van der Waals surface area contributed by atoms with Crippen molar-refractivity contribution in [1.29, 1.82) is 0 Å². The molecule has 1 unspecified atom stereocenters. The third-order valence-electron chi connectivity index (χ3n) is 3.65. The Balaban J connectivity index is 0.00000220. The standard InChI is InChI=1S/C16H25NO3.ClH/c1-19-15-7-6-8-16(11-15)20-13-14(18)12-17-9-4-2-3-5-10-17;/h6-8,11,14,18H,2-5,9-10,12-13H2,1H3;1H. The molecule has 1 heterocycles. The van der Waals surface area contributed by atoms with Crippen molar-refractivity contribution in [2.24, 2.45) is 0 Å². The molecule has 4 nitrogen and oxygen atoms in total. The summed E-state index contributed by atoms with van der Waals surface area (Å²) in [4.78, 5) is 2.34. The van der Waals surface area contributed by atoms with E-state index in [4.69, 9.17) is 9.47 Å². The van der Waals surface area contributed by atoms with Gasteiger partial charge >= 0.3 is 0 Å². The van der Waals surface area contributed by atoms with Gasteiger partial charge in [-0.2, -0.15) is 0 Å². The fourth-order valence-corrected chi connectivity index (χ4v) is 2.55. The highest BCUT2D eigenvalue weighted by molar-refractivity contribution is 5.85.